The van der Waals surface area contributed by atoms with Gasteiger partial charge in [-0.05, 0) is 24.2 Å². The van der Waals surface area contributed by atoms with Crippen LogP contribution in [-0.4, -0.2) is 23.2 Å². The van der Waals surface area contributed by atoms with E-state index in [2.05, 4.69) is 45.7 Å². The first-order chi connectivity index (χ1) is 7.39. The molecule has 0 N–H and O–H groups in total. The van der Waals surface area contributed by atoms with Crippen LogP contribution in [-0.2, 0) is 9.53 Å². The molecule has 1 aliphatic carbocycles. The van der Waals surface area contributed by atoms with Gasteiger partial charge in [-0.2, -0.15) is 0 Å². The Hall–Kier alpha value is 0.430. The van der Waals surface area contributed by atoms with E-state index in [0.29, 0.717) is 12.5 Å². The van der Waals surface area contributed by atoms with Crippen molar-refractivity contribution in [2.75, 3.05) is 17.3 Å². The van der Waals surface area contributed by atoms with Crippen molar-refractivity contribution in [3.05, 3.63) is 0 Å². The highest BCUT2D eigenvalue weighted by molar-refractivity contribution is 9.09. The molecule has 94 valence electrons. The van der Waals surface area contributed by atoms with Crippen molar-refractivity contribution in [3.63, 3.8) is 0 Å². The average Bonchev–Trinajstić information content (AvgIpc) is 2.50. The highest BCUT2D eigenvalue weighted by Crippen LogP contribution is 2.57. The number of ether oxygens (including phenoxy) is 1. The lowest BCUT2D eigenvalue weighted by atomic mass is 9.66. The number of esters is 1. The number of halogens is 2. The van der Waals surface area contributed by atoms with Crippen LogP contribution in [0.15, 0.2) is 0 Å². The zero-order chi connectivity index (χ0) is 12.4. The van der Waals surface area contributed by atoms with Crippen LogP contribution in [0.2, 0.25) is 0 Å². The molecule has 0 heterocycles. The van der Waals surface area contributed by atoms with Crippen LogP contribution in [0, 0.1) is 16.7 Å². The van der Waals surface area contributed by atoms with Gasteiger partial charge < -0.3 is 4.74 Å². The van der Waals surface area contributed by atoms with Gasteiger partial charge in [0, 0.05) is 23.0 Å². The molecular weight excluding hydrogens is 336 g/mol. The fourth-order valence-electron chi connectivity index (χ4n) is 2.61. The molecular formula is C12H20Br2O2. The van der Waals surface area contributed by atoms with Gasteiger partial charge in [-0.3, -0.25) is 4.79 Å². The molecule has 3 atom stereocenters. The molecule has 4 heteroatoms. The van der Waals surface area contributed by atoms with E-state index in [1.54, 1.807) is 0 Å². The molecule has 1 aliphatic rings. The zero-order valence-corrected chi connectivity index (χ0v) is 13.4. The maximum Gasteiger partial charge on any atom is 0.302 e. The van der Waals surface area contributed by atoms with Crippen LogP contribution < -0.4 is 0 Å². The van der Waals surface area contributed by atoms with E-state index >= 15 is 0 Å². The van der Waals surface area contributed by atoms with E-state index in [9.17, 15) is 4.79 Å². The molecule has 0 aromatic heterocycles. The van der Waals surface area contributed by atoms with E-state index in [1.807, 2.05) is 0 Å². The molecule has 0 bridgehead atoms. The Morgan fingerprint density at radius 2 is 2.06 bits per heavy atom. The summed E-state index contributed by atoms with van der Waals surface area (Å²) in [6.45, 7) is 6.55. The van der Waals surface area contributed by atoms with Crippen LogP contribution in [0.3, 0.4) is 0 Å². The van der Waals surface area contributed by atoms with Crippen molar-refractivity contribution >= 4 is 37.8 Å². The minimum absolute atomic E-state index is 0.0839. The van der Waals surface area contributed by atoms with Crippen LogP contribution in [0.5, 0.6) is 0 Å². The lowest BCUT2D eigenvalue weighted by Gasteiger charge is -2.42. The van der Waals surface area contributed by atoms with E-state index in [0.717, 1.165) is 17.1 Å². The summed E-state index contributed by atoms with van der Waals surface area (Å²) >= 11 is 7.23. The van der Waals surface area contributed by atoms with Gasteiger partial charge in [0.1, 0.15) is 0 Å². The van der Waals surface area contributed by atoms with E-state index < -0.39 is 0 Å². The number of alkyl halides is 2. The minimum Gasteiger partial charge on any atom is -0.465 e. The van der Waals surface area contributed by atoms with Gasteiger partial charge in [0.2, 0.25) is 0 Å². The first kappa shape index (κ1) is 14.5. The minimum atomic E-state index is -0.180. The fourth-order valence-corrected chi connectivity index (χ4v) is 4.78. The summed E-state index contributed by atoms with van der Waals surface area (Å²) in [5, 5.41) is 1.97. The van der Waals surface area contributed by atoms with Crippen molar-refractivity contribution in [2.45, 2.75) is 33.6 Å². The van der Waals surface area contributed by atoms with Crippen molar-refractivity contribution in [1.82, 2.24) is 0 Å². The predicted molar refractivity (Wildman–Crippen MR) is 73.2 cm³/mol. The van der Waals surface area contributed by atoms with Crippen molar-refractivity contribution in [3.8, 4) is 0 Å². The van der Waals surface area contributed by atoms with Gasteiger partial charge in [-0.1, -0.05) is 45.7 Å². The van der Waals surface area contributed by atoms with Gasteiger partial charge in [-0.15, -0.1) is 0 Å². The molecule has 0 amide bonds. The largest absolute Gasteiger partial charge is 0.465 e. The Bertz CT molecular complexity index is 270. The number of carbonyl (C=O) groups is 1. The zero-order valence-electron chi connectivity index (χ0n) is 10.2. The summed E-state index contributed by atoms with van der Waals surface area (Å²) in [5.41, 5.74) is 0.270. The fraction of sp³-hybridized carbons (Fsp3) is 0.917. The second-order valence-corrected chi connectivity index (χ2v) is 6.49. The number of hydrogen-bond acceptors (Lipinski definition) is 2. The SMILES string of the molecule is CC(=O)OCC1(C)CCC(CBr)C1(C)CBr. The lowest BCUT2D eigenvalue weighted by molar-refractivity contribution is -0.146. The first-order valence-corrected chi connectivity index (χ1v) is 7.89. The highest BCUT2D eigenvalue weighted by atomic mass is 79.9. The Labute approximate surface area is 115 Å². The Kier molecular flexibility index (Phi) is 4.88. The molecule has 0 saturated heterocycles. The van der Waals surface area contributed by atoms with Crippen molar-refractivity contribution < 1.29 is 9.53 Å². The third-order valence-electron chi connectivity index (χ3n) is 4.38. The maximum atomic E-state index is 10.9. The smallest absolute Gasteiger partial charge is 0.302 e. The summed E-state index contributed by atoms with van der Waals surface area (Å²) < 4.78 is 5.24. The maximum absolute atomic E-state index is 10.9. The molecule has 16 heavy (non-hydrogen) atoms. The first-order valence-electron chi connectivity index (χ1n) is 5.65. The molecule has 1 rings (SSSR count). The second-order valence-electron chi connectivity index (χ2n) is 5.28. The van der Waals surface area contributed by atoms with Gasteiger partial charge in [0.05, 0.1) is 6.61 Å². The molecule has 2 nitrogen and oxygen atoms in total. The quantitative estimate of drug-likeness (QED) is 0.566. The van der Waals surface area contributed by atoms with Crippen LogP contribution in [0.25, 0.3) is 0 Å². The predicted octanol–water partition coefficient (Wildman–Crippen LogP) is 3.76. The Morgan fingerprint density at radius 1 is 1.44 bits per heavy atom. The molecule has 0 aromatic carbocycles. The topological polar surface area (TPSA) is 26.3 Å². The van der Waals surface area contributed by atoms with Gasteiger partial charge in [-0.25, -0.2) is 0 Å². The number of rotatable bonds is 4. The molecule has 0 aromatic rings. The lowest BCUT2D eigenvalue weighted by Crippen LogP contribution is -2.42. The van der Waals surface area contributed by atoms with E-state index in [1.165, 1.54) is 13.3 Å². The summed E-state index contributed by atoms with van der Waals surface area (Å²) in [6, 6.07) is 0. The van der Waals surface area contributed by atoms with E-state index in [4.69, 9.17) is 4.74 Å². The molecule has 0 aliphatic heterocycles. The van der Waals surface area contributed by atoms with Crippen LogP contribution >= 0.6 is 31.9 Å². The second kappa shape index (κ2) is 5.38. The standard InChI is InChI=1S/C12H20Br2O2/c1-9(15)16-8-11(2)5-4-10(6-13)12(11,3)7-14/h10H,4-8H2,1-3H3. The van der Waals surface area contributed by atoms with Gasteiger partial charge in [0.25, 0.3) is 0 Å². The molecule has 1 fully saturated rings. The summed E-state index contributed by atoms with van der Waals surface area (Å²) in [4.78, 5) is 10.9. The average molecular weight is 356 g/mol. The molecule has 1 saturated carbocycles. The third-order valence-corrected chi connectivity index (χ3v) is 6.33. The van der Waals surface area contributed by atoms with Gasteiger partial charge >= 0.3 is 5.97 Å². The molecule has 0 spiro atoms. The van der Waals surface area contributed by atoms with Crippen LogP contribution in [0.1, 0.15) is 33.6 Å². The van der Waals surface area contributed by atoms with Gasteiger partial charge in [0.15, 0.2) is 0 Å². The number of carbonyl (C=O) groups excluding carboxylic acids is 1. The van der Waals surface area contributed by atoms with Crippen molar-refractivity contribution in [1.29, 1.82) is 0 Å². The van der Waals surface area contributed by atoms with Crippen molar-refractivity contribution in [2.24, 2.45) is 16.7 Å². The number of hydrogen-bond donors (Lipinski definition) is 0. The normalized spacial score (nSPS) is 38.7. The Morgan fingerprint density at radius 3 is 2.50 bits per heavy atom. The molecule has 0 radical (unpaired) electrons. The summed E-state index contributed by atoms with van der Waals surface area (Å²) in [5.74, 6) is 0.466. The Balaban J connectivity index is 2.82. The highest BCUT2D eigenvalue weighted by Gasteiger charge is 2.53. The monoisotopic (exact) mass is 354 g/mol. The summed E-state index contributed by atoms with van der Waals surface area (Å²) in [7, 11) is 0. The summed E-state index contributed by atoms with van der Waals surface area (Å²) in [6.07, 6.45) is 2.32. The third kappa shape index (κ3) is 2.47. The van der Waals surface area contributed by atoms with E-state index in [-0.39, 0.29) is 16.8 Å². The molecule has 3 unspecified atom stereocenters. The van der Waals surface area contributed by atoms with Crippen LogP contribution in [0.4, 0.5) is 0 Å².